The predicted octanol–water partition coefficient (Wildman–Crippen LogP) is 1.08. The fourth-order valence-corrected chi connectivity index (χ4v) is 2.32. The Morgan fingerprint density at radius 2 is 1.85 bits per heavy atom. The number of rotatable bonds is 4. The van der Waals surface area contributed by atoms with Gasteiger partial charge in [-0.1, -0.05) is 0 Å². The molecule has 1 rings (SSSR count). The van der Waals surface area contributed by atoms with Gasteiger partial charge in [0.05, 0.1) is 6.10 Å². The molecule has 2 atom stereocenters. The molecule has 8 heteroatoms. The zero-order chi connectivity index (χ0) is 15.3. The molecule has 1 fully saturated rings. The van der Waals surface area contributed by atoms with E-state index in [1.54, 1.807) is 11.8 Å². The Hall–Kier alpha value is -0.700. The van der Waals surface area contributed by atoms with Crippen LogP contribution in [0.15, 0.2) is 0 Å². The highest BCUT2D eigenvalue weighted by molar-refractivity contribution is 7.74. The van der Waals surface area contributed by atoms with Crippen LogP contribution in [-0.2, 0) is 20.3 Å². The van der Waals surface area contributed by atoms with E-state index in [9.17, 15) is 9.00 Å². The molecule has 0 bridgehead atoms. The summed E-state index contributed by atoms with van der Waals surface area (Å²) in [4.78, 5) is 15.6. The molecule has 0 radical (unpaired) electrons. The van der Waals surface area contributed by atoms with Crippen molar-refractivity contribution < 1.29 is 22.5 Å². The van der Waals surface area contributed by atoms with Gasteiger partial charge >= 0.3 is 17.5 Å². The smallest absolute Gasteiger partial charge is 0.410 e. The highest BCUT2D eigenvalue weighted by Gasteiger charge is 2.26. The molecule has 1 aliphatic heterocycles. The van der Waals surface area contributed by atoms with E-state index < -0.39 is 17.0 Å². The van der Waals surface area contributed by atoms with Crippen molar-refractivity contribution in [2.45, 2.75) is 39.4 Å². The second-order valence-electron chi connectivity index (χ2n) is 5.89. The minimum atomic E-state index is -2.24. The summed E-state index contributed by atoms with van der Waals surface area (Å²) in [7, 11) is 0. The van der Waals surface area contributed by atoms with Crippen LogP contribution in [0, 0.1) is 0 Å². The highest BCUT2D eigenvalue weighted by Crippen LogP contribution is 2.12. The molecular weight excluding hydrogens is 284 g/mol. The summed E-state index contributed by atoms with van der Waals surface area (Å²) < 4.78 is 29.3. The molecule has 0 aromatic carbocycles. The van der Waals surface area contributed by atoms with Crippen LogP contribution in [0.1, 0.15) is 27.7 Å². The first-order valence-corrected chi connectivity index (χ1v) is 7.69. The lowest BCUT2D eigenvalue weighted by molar-refractivity contribution is 0.0120. The number of carbonyl (C=O) groups excluding carboxylic acids is 1. The number of carbonyl (C=O) groups is 1. The molecule has 7 nitrogen and oxygen atoms in total. The van der Waals surface area contributed by atoms with Gasteiger partial charge in [0, 0.05) is 32.7 Å². The van der Waals surface area contributed by atoms with Crippen molar-refractivity contribution in [3.63, 3.8) is 0 Å². The summed E-state index contributed by atoms with van der Waals surface area (Å²) >= 11 is -2.24. The van der Waals surface area contributed by atoms with Crippen molar-refractivity contribution in [1.82, 2.24) is 9.80 Å². The molecule has 1 aliphatic rings. The van der Waals surface area contributed by atoms with E-state index in [0.717, 1.165) is 0 Å². The number of nitrogens with zero attached hydrogens (tertiary/aromatic N) is 2. The molecule has 0 aromatic rings. The first-order valence-electron chi connectivity index (χ1n) is 6.65. The lowest BCUT2D eigenvalue weighted by atomic mass is 10.2. The van der Waals surface area contributed by atoms with Gasteiger partial charge in [-0.05, 0) is 27.7 Å². The summed E-state index contributed by atoms with van der Waals surface area (Å²) in [5.74, 6) is 0. The number of ether oxygens (including phenoxy) is 1. The van der Waals surface area contributed by atoms with Gasteiger partial charge in [-0.25, -0.2) is 4.79 Å². The highest BCUT2D eigenvalue weighted by atomic mass is 32.2. The Morgan fingerprint density at radius 1 is 1.30 bits per heavy atom. The number of hydrogen-bond acceptors (Lipinski definition) is 5. The molecule has 1 saturated heterocycles. The minimum Gasteiger partial charge on any atom is -0.444 e. The lowest BCUT2D eigenvalue weighted by Crippen LogP contribution is -2.51. The monoisotopic (exact) mass is 308 g/mol. The van der Waals surface area contributed by atoms with Crippen molar-refractivity contribution in [1.29, 1.82) is 0 Å². The molecule has 0 saturated carbocycles. The Labute approximate surface area is 122 Å². The summed E-state index contributed by atoms with van der Waals surface area (Å²) in [5.41, 5.74) is -0.484. The third-order valence-electron chi connectivity index (χ3n) is 2.79. The lowest BCUT2D eigenvalue weighted by Gasteiger charge is -2.36. The molecule has 1 heterocycles. The Balaban J connectivity index is 2.33. The van der Waals surface area contributed by atoms with Crippen LogP contribution in [0.3, 0.4) is 0 Å². The van der Waals surface area contributed by atoms with E-state index in [4.69, 9.17) is 13.5 Å². The summed E-state index contributed by atoms with van der Waals surface area (Å²) in [6, 6.07) is 0. The maximum absolute atomic E-state index is 11.9. The molecule has 0 aromatic heterocycles. The van der Waals surface area contributed by atoms with Gasteiger partial charge < -0.3 is 9.64 Å². The van der Waals surface area contributed by atoms with Crippen LogP contribution < -0.4 is 0 Å². The van der Waals surface area contributed by atoms with E-state index in [-0.39, 0.29) is 12.2 Å². The second-order valence-corrected chi connectivity index (χ2v) is 6.52. The molecule has 1 amide bonds. The Bertz CT molecular complexity index is 350. The van der Waals surface area contributed by atoms with E-state index in [2.05, 4.69) is 4.90 Å². The van der Waals surface area contributed by atoms with Gasteiger partial charge in [-0.3, -0.25) is 13.6 Å². The third-order valence-corrected chi connectivity index (χ3v) is 3.28. The van der Waals surface area contributed by atoms with Crippen LogP contribution in [-0.4, -0.2) is 69.1 Å². The third kappa shape index (κ3) is 6.65. The van der Waals surface area contributed by atoms with Crippen LogP contribution in [0.5, 0.6) is 0 Å². The summed E-state index contributed by atoms with van der Waals surface area (Å²) in [5, 5.41) is 0. The largest absolute Gasteiger partial charge is 0.444 e. The summed E-state index contributed by atoms with van der Waals surface area (Å²) in [6.07, 6.45) is -0.619. The van der Waals surface area contributed by atoms with Crippen molar-refractivity contribution in [2.24, 2.45) is 0 Å². The predicted molar refractivity (Wildman–Crippen MR) is 75.6 cm³/mol. The zero-order valence-corrected chi connectivity index (χ0v) is 13.3. The van der Waals surface area contributed by atoms with Crippen LogP contribution in [0.4, 0.5) is 4.79 Å². The van der Waals surface area contributed by atoms with E-state index in [0.29, 0.717) is 32.7 Å². The first-order chi connectivity index (χ1) is 9.17. The molecule has 1 N–H and O–H groups in total. The maximum Gasteiger partial charge on any atom is 0.410 e. The van der Waals surface area contributed by atoms with Crippen LogP contribution in [0.25, 0.3) is 0 Å². The van der Waals surface area contributed by atoms with E-state index in [1.807, 2.05) is 20.8 Å². The van der Waals surface area contributed by atoms with E-state index in [1.165, 1.54) is 0 Å². The second kappa shape index (κ2) is 7.35. The quantitative estimate of drug-likeness (QED) is 0.783. The topological polar surface area (TPSA) is 79.3 Å². The average molecular weight is 308 g/mol. The number of piperazine rings is 1. The number of hydrogen-bond donors (Lipinski definition) is 1. The van der Waals surface area contributed by atoms with Gasteiger partial charge in [0.25, 0.3) is 0 Å². The number of amides is 1. The van der Waals surface area contributed by atoms with Crippen LogP contribution >= 0.6 is 0 Å². The average Bonchev–Trinajstić information content (AvgIpc) is 2.26. The summed E-state index contributed by atoms with van der Waals surface area (Å²) in [6.45, 7) is 10.4. The zero-order valence-electron chi connectivity index (χ0n) is 12.5. The molecule has 20 heavy (non-hydrogen) atoms. The van der Waals surface area contributed by atoms with E-state index >= 15 is 0 Å². The van der Waals surface area contributed by atoms with Crippen molar-refractivity contribution >= 4 is 17.5 Å². The fraction of sp³-hybridized carbons (Fsp3) is 0.917. The van der Waals surface area contributed by atoms with Crippen molar-refractivity contribution in [3.8, 4) is 0 Å². The molecule has 118 valence electrons. The normalized spacial score (nSPS) is 20.6. The van der Waals surface area contributed by atoms with Gasteiger partial charge in [0.15, 0.2) is 0 Å². The van der Waals surface area contributed by atoms with Gasteiger partial charge in [-0.15, -0.1) is 0 Å². The van der Waals surface area contributed by atoms with Crippen molar-refractivity contribution in [3.05, 3.63) is 0 Å². The molecule has 0 spiro atoms. The Morgan fingerprint density at radius 3 is 2.30 bits per heavy atom. The van der Waals surface area contributed by atoms with Gasteiger partial charge in [0.2, 0.25) is 0 Å². The first kappa shape index (κ1) is 17.4. The van der Waals surface area contributed by atoms with Gasteiger partial charge in [-0.2, -0.15) is 4.21 Å². The van der Waals surface area contributed by atoms with Crippen molar-refractivity contribution in [2.75, 3.05) is 32.7 Å². The molecular formula is C12H24N2O5S. The maximum atomic E-state index is 11.9. The SMILES string of the molecule is CC(CN1CCN(C(=O)OC(C)(C)C)CC1)OS(=O)O. The minimum absolute atomic E-state index is 0.294. The molecule has 0 aliphatic carbocycles. The fourth-order valence-electron chi connectivity index (χ4n) is 1.97. The molecule has 2 unspecified atom stereocenters. The van der Waals surface area contributed by atoms with Crippen LogP contribution in [0.2, 0.25) is 0 Å². The standard InChI is InChI=1S/C12H24N2O5S/c1-10(19-20(16)17)9-13-5-7-14(8-6-13)11(15)18-12(2,3)4/h10H,5-9H2,1-4H3,(H,16,17). The Kier molecular flexibility index (Phi) is 6.38. The van der Waals surface area contributed by atoms with Gasteiger partial charge in [0.1, 0.15) is 5.60 Å².